The van der Waals surface area contributed by atoms with Crippen LogP contribution in [0.4, 0.5) is 8.78 Å². The van der Waals surface area contributed by atoms with Crippen molar-refractivity contribution in [1.82, 2.24) is 10.6 Å². The molecule has 4 heteroatoms. The van der Waals surface area contributed by atoms with E-state index in [2.05, 4.69) is 85.9 Å². The van der Waals surface area contributed by atoms with Gasteiger partial charge in [0.15, 0.2) is 0 Å². The molecule has 0 saturated heterocycles. The minimum absolute atomic E-state index is 0.411. The van der Waals surface area contributed by atoms with Crippen molar-refractivity contribution in [2.75, 3.05) is 13.6 Å². The van der Waals surface area contributed by atoms with E-state index in [-0.39, 0.29) is 0 Å². The summed E-state index contributed by atoms with van der Waals surface area (Å²) >= 11 is 0. The first-order valence-electron chi connectivity index (χ1n) is 14.3. The van der Waals surface area contributed by atoms with Gasteiger partial charge >= 0.3 is 0 Å². The van der Waals surface area contributed by atoms with E-state index in [4.69, 9.17) is 0 Å². The molecular formula is C32H58F2N2. The fraction of sp³-hybridized carbons (Fsp3) is 0.688. The predicted octanol–water partition coefficient (Wildman–Crippen LogP) is 9.68. The summed E-state index contributed by atoms with van der Waals surface area (Å²) in [4.78, 5) is 0. The Morgan fingerprint density at radius 1 is 0.972 bits per heavy atom. The van der Waals surface area contributed by atoms with Gasteiger partial charge in [0.2, 0.25) is 0 Å². The first-order chi connectivity index (χ1) is 17.1. The van der Waals surface area contributed by atoms with Crippen LogP contribution in [0.5, 0.6) is 0 Å². The molecule has 0 radical (unpaired) electrons. The molecule has 1 aromatic rings. The monoisotopic (exact) mass is 508 g/mol. The molecule has 0 amide bonds. The summed E-state index contributed by atoms with van der Waals surface area (Å²) < 4.78 is 23.8. The van der Waals surface area contributed by atoms with Crippen LogP contribution in [-0.2, 0) is 0 Å². The Labute approximate surface area is 223 Å². The minimum atomic E-state index is -0.411. The number of benzene rings is 1. The van der Waals surface area contributed by atoms with E-state index in [9.17, 15) is 8.78 Å². The highest BCUT2D eigenvalue weighted by Crippen LogP contribution is 2.29. The van der Waals surface area contributed by atoms with Gasteiger partial charge in [-0.05, 0) is 86.5 Å². The summed E-state index contributed by atoms with van der Waals surface area (Å²) in [5.74, 6) is 1.78. The lowest BCUT2D eigenvalue weighted by atomic mass is 9.79. The molecule has 0 aliphatic heterocycles. The van der Waals surface area contributed by atoms with Crippen molar-refractivity contribution >= 4 is 0 Å². The van der Waals surface area contributed by atoms with Crippen LogP contribution in [0.2, 0.25) is 0 Å². The zero-order valence-corrected chi connectivity index (χ0v) is 25.0. The molecule has 3 atom stereocenters. The molecule has 1 aliphatic rings. The number of allylic oxidation sites excluding steroid dienone is 2. The maximum Gasteiger partial charge on any atom is 0.123 e. The second-order valence-corrected chi connectivity index (χ2v) is 10.2. The summed E-state index contributed by atoms with van der Waals surface area (Å²) in [7, 11) is 2.09. The Balaban J connectivity index is 0. The molecule has 2 rings (SSSR count). The van der Waals surface area contributed by atoms with Crippen LogP contribution in [0.1, 0.15) is 107 Å². The lowest BCUT2D eigenvalue weighted by molar-refractivity contribution is 0.238. The number of nitrogens with one attached hydrogen (secondary N) is 2. The fourth-order valence-corrected chi connectivity index (χ4v) is 3.73. The molecule has 2 N–H and O–H groups in total. The molecule has 0 heterocycles. The van der Waals surface area contributed by atoms with Gasteiger partial charge in [-0.1, -0.05) is 93.2 Å². The standard InChI is InChI=1S/C13H25N.C10H21N.C6H4F2.C3H8/c1-6-11(4)9-14-10-13(8-3)12(5)7-2;1-8(2)9-5-4-6-10(7-9)11-3;7-5-1-2-6(8)4-3-5;1-3-2/h10-11,14H,5-9H2,1-4H3;8-11H,4-7H2,1-3H3;1-4H;3H2,1-2H3/b13-10-;;;. The molecule has 36 heavy (non-hydrogen) atoms. The molecule has 1 fully saturated rings. The molecule has 210 valence electrons. The summed E-state index contributed by atoms with van der Waals surface area (Å²) in [6.07, 6.45) is 12.4. The SMILES string of the molecule is C=C(CC)/C(=C\NCC(C)CC)CC.CCC.CNC1CCCC(C(C)C)C1.Fc1ccc(F)cc1. The second kappa shape index (κ2) is 23.7. The number of hydrogen-bond acceptors (Lipinski definition) is 2. The van der Waals surface area contributed by atoms with Crippen molar-refractivity contribution in [2.45, 2.75) is 113 Å². The highest BCUT2D eigenvalue weighted by Gasteiger charge is 2.22. The van der Waals surface area contributed by atoms with Gasteiger partial charge in [-0.25, -0.2) is 8.78 Å². The van der Waals surface area contributed by atoms with Gasteiger partial charge in [0, 0.05) is 12.6 Å². The predicted molar refractivity (Wildman–Crippen MR) is 157 cm³/mol. The third-order valence-corrected chi connectivity index (χ3v) is 6.57. The van der Waals surface area contributed by atoms with E-state index in [1.807, 2.05) is 0 Å². The highest BCUT2D eigenvalue weighted by atomic mass is 19.1. The number of hydrogen-bond donors (Lipinski definition) is 2. The van der Waals surface area contributed by atoms with Crippen molar-refractivity contribution in [3.05, 3.63) is 59.8 Å². The van der Waals surface area contributed by atoms with Gasteiger partial charge in [0.05, 0.1) is 0 Å². The zero-order chi connectivity index (χ0) is 27.9. The molecule has 0 bridgehead atoms. The van der Waals surface area contributed by atoms with Gasteiger partial charge in [-0.15, -0.1) is 0 Å². The Kier molecular flexibility index (Phi) is 24.0. The van der Waals surface area contributed by atoms with Gasteiger partial charge in [0.25, 0.3) is 0 Å². The molecule has 3 unspecified atom stereocenters. The first kappa shape index (κ1) is 36.5. The number of halogens is 2. The molecule has 0 spiro atoms. The van der Waals surface area contributed by atoms with Crippen molar-refractivity contribution in [2.24, 2.45) is 17.8 Å². The zero-order valence-electron chi connectivity index (χ0n) is 25.0. The average molecular weight is 509 g/mol. The third-order valence-electron chi connectivity index (χ3n) is 6.57. The van der Waals surface area contributed by atoms with Gasteiger partial charge in [0.1, 0.15) is 11.6 Å². The average Bonchev–Trinajstić information content (AvgIpc) is 2.89. The van der Waals surface area contributed by atoms with E-state index < -0.39 is 11.6 Å². The minimum Gasteiger partial charge on any atom is -0.390 e. The van der Waals surface area contributed by atoms with Crippen molar-refractivity contribution in [3.8, 4) is 0 Å². The number of rotatable bonds is 9. The summed E-state index contributed by atoms with van der Waals surface area (Å²) in [5, 5.41) is 6.77. The highest BCUT2D eigenvalue weighted by molar-refractivity contribution is 5.26. The van der Waals surface area contributed by atoms with Crippen LogP contribution in [0.3, 0.4) is 0 Å². The van der Waals surface area contributed by atoms with E-state index in [1.165, 1.54) is 49.7 Å². The topological polar surface area (TPSA) is 24.1 Å². The molecule has 1 aliphatic carbocycles. The Morgan fingerprint density at radius 3 is 1.89 bits per heavy atom. The largest absolute Gasteiger partial charge is 0.390 e. The third kappa shape index (κ3) is 19.5. The Bertz CT molecular complexity index is 646. The second-order valence-electron chi connectivity index (χ2n) is 10.2. The van der Waals surface area contributed by atoms with Crippen LogP contribution in [0.25, 0.3) is 0 Å². The van der Waals surface area contributed by atoms with Gasteiger partial charge < -0.3 is 10.6 Å². The molecule has 2 nitrogen and oxygen atoms in total. The maximum absolute atomic E-state index is 11.9. The van der Waals surface area contributed by atoms with E-state index in [0.29, 0.717) is 0 Å². The van der Waals surface area contributed by atoms with Crippen LogP contribution in [0, 0.1) is 29.4 Å². The first-order valence-corrected chi connectivity index (χ1v) is 14.3. The molecule has 0 aromatic heterocycles. The Hall–Kier alpha value is -1.68. The quantitative estimate of drug-likeness (QED) is 0.324. The van der Waals surface area contributed by atoms with Gasteiger partial charge in [-0.3, -0.25) is 0 Å². The Morgan fingerprint density at radius 2 is 1.50 bits per heavy atom. The van der Waals surface area contributed by atoms with Crippen LogP contribution >= 0.6 is 0 Å². The normalized spacial score (nSPS) is 17.9. The van der Waals surface area contributed by atoms with Gasteiger partial charge in [-0.2, -0.15) is 0 Å². The van der Waals surface area contributed by atoms with E-state index >= 15 is 0 Å². The smallest absolute Gasteiger partial charge is 0.123 e. The molecular weight excluding hydrogens is 450 g/mol. The van der Waals surface area contributed by atoms with E-state index in [0.717, 1.165) is 67.4 Å². The lowest BCUT2D eigenvalue weighted by Crippen LogP contribution is -2.32. The summed E-state index contributed by atoms with van der Waals surface area (Å²) in [6, 6.07) is 5.12. The van der Waals surface area contributed by atoms with Crippen molar-refractivity contribution in [3.63, 3.8) is 0 Å². The molecule has 1 saturated carbocycles. The maximum atomic E-state index is 11.9. The van der Waals surface area contributed by atoms with Crippen LogP contribution in [-0.4, -0.2) is 19.6 Å². The lowest BCUT2D eigenvalue weighted by Gasteiger charge is -2.31. The van der Waals surface area contributed by atoms with Crippen molar-refractivity contribution < 1.29 is 8.78 Å². The van der Waals surface area contributed by atoms with Crippen LogP contribution in [0.15, 0.2) is 48.2 Å². The summed E-state index contributed by atoms with van der Waals surface area (Å²) in [6.45, 7) is 22.9. The summed E-state index contributed by atoms with van der Waals surface area (Å²) in [5.41, 5.74) is 2.61. The van der Waals surface area contributed by atoms with Crippen molar-refractivity contribution in [1.29, 1.82) is 0 Å². The molecule has 1 aromatic carbocycles. The fourth-order valence-electron chi connectivity index (χ4n) is 3.73. The van der Waals surface area contributed by atoms with E-state index in [1.54, 1.807) is 0 Å². The van der Waals surface area contributed by atoms with Crippen LogP contribution < -0.4 is 10.6 Å².